The van der Waals surface area contributed by atoms with Gasteiger partial charge in [-0.2, -0.15) is 4.31 Å². The Hall–Kier alpha value is -2.90. The number of benzene rings is 2. The van der Waals surface area contributed by atoms with E-state index in [2.05, 4.69) is 6.58 Å². The number of sulfonamides is 1. The molecule has 0 radical (unpaired) electrons. The molecule has 31 heavy (non-hydrogen) atoms. The van der Waals surface area contributed by atoms with E-state index in [0.717, 1.165) is 29.3 Å². The lowest BCUT2D eigenvalue weighted by Crippen LogP contribution is -2.43. The molecule has 7 heteroatoms. The van der Waals surface area contributed by atoms with Crippen molar-refractivity contribution in [3.05, 3.63) is 79.1 Å². The number of aryl methyl sites for hydroxylation is 1. The standard InChI is InChI=1S/C24H27N3O3S/c1-3-14-26(31(29,30)23-13-10-19-7-4-5-8-20(19)16-23)18-24(28)27(21-11-12-21)17-22-9-6-15-25(22)2/h3-10,13,15-16,21H,1,11-12,14,17-18H2,2H3. The predicted molar refractivity (Wildman–Crippen MR) is 122 cm³/mol. The minimum Gasteiger partial charge on any atom is -0.353 e. The van der Waals surface area contributed by atoms with Crippen LogP contribution in [0.5, 0.6) is 0 Å². The number of nitrogens with zero attached hydrogens (tertiary/aromatic N) is 3. The van der Waals surface area contributed by atoms with Gasteiger partial charge in [0.2, 0.25) is 15.9 Å². The molecule has 6 nitrogen and oxygen atoms in total. The zero-order valence-corrected chi connectivity index (χ0v) is 18.5. The molecule has 162 valence electrons. The molecule has 1 saturated carbocycles. The number of hydrogen-bond acceptors (Lipinski definition) is 3. The lowest BCUT2D eigenvalue weighted by Gasteiger charge is -2.27. The number of carbonyl (C=O) groups excluding carboxylic acids is 1. The smallest absolute Gasteiger partial charge is 0.243 e. The van der Waals surface area contributed by atoms with Gasteiger partial charge in [-0.25, -0.2) is 8.42 Å². The summed E-state index contributed by atoms with van der Waals surface area (Å²) in [6, 6.07) is 16.8. The molecule has 4 rings (SSSR count). The van der Waals surface area contributed by atoms with Gasteiger partial charge >= 0.3 is 0 Å². The van der Waals surface area contributed by atoms with Gasteiger partial charge in [-0.05, 0) is 47.9 Å². The van der Waals surface area contributed by atoms with Gasteiger partial charge in [0, 0.05) is 31.5 Å². The van der Waals surface area contributed by atoms with Gasteiger partial charge in [0.15, 0.2) is 0 Å². The summed E-state index contributed by atoms with van der Waals surface area (Å²) in [5.74, 6) is -0.185. The van der Waals surface area contributed by atoms with Gasteiger partial charge in [-0.3, -0.25) is 4.79 Å². The van der Waals surface area contributed by atoms with E-state index in [-0.39, 0.29) is 29.9 Å². The number of amides is 1. The average molecular weight is 438 g/mol. The number of hydrogen-bond donors (Lipinski definition) is 0. The molecule has 2 aromatic carbocycles. The third-order valence-electron chi connectivity index (χ3n) is 5.69. The van der Waals surface area contributed by atoms with Gasteiger partial charge in [0.25, 0.3) is 0 Å². The summed E-state index contributed by atoms with van der Waals surface area (Å²) in [7, 11) is -1.91. The van der Waals surface area contributed by atoms with E-state index in [0.29, 0.717) is 6.54 Å². The first-order valence-corrected chi connectivity index (χ1v) is 11.8. The largest absolute Gasteiger partial charge is 0.353 e. The normalized spacial score (nSPS) is 14.1. The molecule has 0 bridgehead atoms. The number of carbonyl (C=O) groups is 1. The van der Waals surface area contributed by atoms with Crippen LogP contribution in [0.15, 0.2) is 78.3 Å². The van der Waals surface area contributed by atoms with Crippen molar-refractivity contribution in [3.63, 3.8) is 0 Å². The second kappa shape index (κ2) is 8.69. The van der Waals surface area contributed by atoms with Crippen LogP contribution >= 0.6 is 0 Å². The van der Waals surface area contributed by atoms with Crippen LogP contribution < -0.4 is 0 Å². The van der Waals surface area contributed by atoms with E-state index in [9.17, 15) is 13.2 Å². The fourth-order valence-corrected chi connectivity index (χ4v) is 5.15. The second-order valence-electron chi connectivity index (χ2n) is 7.96. The third kappa shape index (κ3) is 4.57. The number of rotatable bonds is 9. The van der Waals surface area contributed by atoms with Gasteiger partial charge in [-0.15, -0.1) is 6.58 Å². The summed E-state index contributed by atoms with van der Waals surface area (Å²) in [6.45, 7) is 4.04. The maximum absolute atomic E-state index is 13.4. The predicted octanol–water partition coefficient (Wildman–Crippen LogP) is 3.55. The third-order valence-corrected chi connectivity index (χ3v) is 7.50. The summed E-state index contributed by atoms with van der Waals surface area (Å²) in [5.41, 5.74) is 1.02. The van der Waals surface area contributed by atoms with Crippen LogP contribution in [0.4, 0.5) is 0 Å². The first-order chi connectivity index (χ1) is 14.9. The molecule has 1 amide bonds. The van der Waals surface area contributed by atoms with Crippen molar-refractivity contribution in [2.24, 2.45) is 7.05 Å². The maximum Gasteiger partial charge on any atom is 0.243 e. The Morgan fingerprint density at radius 2 is 1.87 bits per heavy atom. The molecule has 1 fully saturated rings. The molecule has 3 aromatic rings. The fraction of sp³-hybridized carbons (Fsp3) is 0.292. The molecule has 0 N–H and O–H groups in total. The van der Waals surface area contributed by atoms with Crippen molar-refractivity contribution in [3.8, 4) is 0 Å². The van der Waals surface area contributed by atoms with E-state index in [1.54, 1.807) is 23.1 Å². The van der Waals surface area contributed by atoms with Gasteiger partial charge in [0.1, 0.15) is 0 Å². The van der Waals surface area contributed by atoms with Crippen LogP contribution in [0.1, 0.15) is 18.5 Å². The lowest BCUT2D eigenvalue weighted by molar-refractivity contribution is -0.132. The molecule has 0 saturated heterocycles. The van der Waals surface area contributed by atoms with E-state index >= 15 is 0 Å². The minimum atomic E-state index is -3.85. The molecule has 0 aliphatic heterocycles. The number of fused-ring (bicyclic) bond motifs is 1. The zero-order valence-electron chi connectivity index (χ0n) is 17.6. The Morgan fingerprint density at radius 3 is 2.52 bits per heavy atom. The SMILES string of the molecule is C=CCN(CC(=O)N(Cc1cccn1C)C1CC1)S(=O)(=O)c1ccc2ccccc2c1. The van der Waals surface area contributed by atoms with Crippen LogP contribution in [0, 0.1) is 0 Å². The topological polar surface area (TPSA) is 62.6 Å². The van der Waals surface area contributed by atoms with Crippen molar-refractivity contribution in [2.45, 2.75) is 30.3 Å². The Kier molecular flexibility index (Phi) is 5.98. The maximum atomic E-state index is 13.4. The summed E-state index contributed by atoms with van der Waals surface area (Å²) in [6.07, 6.45) is 5.37. The van der Waals surface area contributed by atoms with Gasteiger partial charge in [0.05, 0.1) is 18.0 Å². The molecule has 1 aliphatic carbocycles. The molecule has 1 aromatic heterocycles. The minimum absolute atomic E-state index is 0.0730. The first-order valence-electron chi connectivity index (χ1n) is 10.4. The summed E-state index contributed by atoms with van der Waals surface area (Å²) in [5, 5.41) is 1.81. The summed E-state index contributed by atoms with van der Waals surface area (Å²) in [4.78, 5) is 15.2. The van der Waals surface area contributed by atoms with Crippen LogP contribution in [-0.2, 0) is 28.4 Å². The fourth-order valence-electron chi connectivity index (χ4n) is 3.75. The molecular formula is C24H27N3O3S. The molecule has 1 aliphatic rings. The van der Waals surface area contributed by atoms with Crippen LogP contribution in [0.2, 0.25) is 0 Å². The highest BCUT2D eigenvalue weighted by molar-refractivity contribution is 7.89. The Balaban J connectivity index is 1.58. The second-order valence-corrected chi connectivity index (χ2v) is 9.90. The van der Waals surface area contributed by atoms with Crippen LogP contribution in [0.25, 0.3) is 10.8 Å². The Morgan fingerprint density at radius 1 is 1.13 bits per heavy atom. The molecule has 0 spiro atoms. The molecule has 0 unspecified atom stereocenters. The Labute approximate surface area is 183 Å². The van der Waals surface area contributed by atoms with E-state index in [1.807, 2.05) is 54.2 Å². The van der Waals surface area contributed by atoms with Gasteiger partial charge < -0.3 is 9.47 Å². The summed E-state index contributed by atoms with van der Waals surface area (Å²) >= 11 is 0. The van der Waals surface area contributed by atoms with Crippen molar-refractivity contribution in [1.29, 1.82) is 0 Å². The molecule has 1 heterocycles. The molecule has 0 atom stereocenters. The first kappa shape index (κ1) is 21.3. The molecular weight excluding hydrogens is 410 g/mol. The number of aromatic nitrogens is 1. The average Bonchev–Trinajstić information content (AvgIpc) is 3.52. The quantitative estimate of drug-likeness (QED) is 0.481. The van der Waals surface area contributed by atoms with Crippen molar-refractivity contribution >= 4 is 26.7 Å². The highest BCUT2D eigenvalue weighted by atomic mass is 32.2. The van der Waals surface area contributed by atoms with Crippen molar-refractivity contribution in [2.75, 3.05) is 13.1 Å². The zero-order chi connectivity index (χ0) is 22.0. The Bertz CT molecular complexity index is 1210. The van der Waals surface area contributed by atoms with Crippen molar-refractivity contribution < 1.29 is 13.2 Å². The van der Waals surface area contributed by atoms with E-state index in [4.69, 9.17) is 0 Å². The van der Waals surface area contributed by atoms with Gasteiger partial charge in [-0.1, -0.05) is 36.4 Å². The lowest BCUT2D eigenvalue weighted by atomic mass is 10.1. The highest BCUT2D eigenvalue weighted by Gasteiger charge is 2.35. The van der Waals surface area contributed by atoms with Crippen LogP contribution in [-0.4, -0.2) is 47.2 Å². The van der Waals surface area contributed by atoms with Crippen molar-refractivity contribution in [1.82, 2.24) is 13.8 Å². The van der Waals surface area contributed by atoms with E-state index < -0.39 is 10.0 Å². The van der Waals surface area contributed by atoms with Crippen LogP contribution in [0.3, 0.4) is 0 Å². The monoisotopic (exact) mass is 437 g/mol. The highest BCUT2D eigenvalue weighted by Crippen LogP contribution is 2.29. The van der Waals surface area contributed by atoms with E-state index in [1.165, 1.54) is 10.4 Å². The summed E-state index contributed by atoms with van der Waals surface area (Å²) < 4.78 is 30.0.